The van der Waals surface area contributed by atoms with E-state index in [-0.39, 0.29) is 30.0 Å². The largest absolute Gasteiger partial charge is 0.349 e. The zero-order chi connectivity index (χ0) is 25.0. The van der Waals surface area contributed by atoms with Crippen molar-refractivity contribution in [1.29, 1.82) is 0 Å². The summed E-state index contributed by atoms with van der Waals surface area (Å²) in [5, 5.41) is 17.1. The quantitative estimate of drug-likeness (QED) is 0.417. The Morgan fingerprint density at radius 1 is 1.06 bits per heavy atom. The molecule has 0 aliphatic rings. The summed E-state index contributed by atoms with van der Waals surface area (Å²) in [6.45, 7) is 5.43. The van der Waals surface area contributed by atoms with Gasteiger partial charge in [-0.3, -0.25) is 14.5 Å². The number of anilines is 1. The molecule has 0 aliphatic heterocycles. The third-order valence-corrected chi connectivity index (χ3v) is 5.88. The van der Waals surface area contributed by atoms with E-state index in [0.29, 0.717) is 11.3 Å². The lowest BCUT2D eigenvalue weighted by molar-refractivity contribution is -0.128. The molecular formula is C25H25FN6O2S. The molecule has 10 heteroatoms. The van der Waals surface area contributed by atoms with E-state index in [9.17, 15) is 14.0 Å². The summed E-state index contributed by atoms with van der Waals surface area (Å²) in [7, 11) is 0. The van der Waals surface area contributed by atoms with Crippen molar-refractivity contribution in [2.24, 2.45) is 0 Å². The summed E-state index contributed by atoms with van der Waals surface area (Å²) in [5.41, 5.74) is 0.653. The first-order valence-electron chi connectivity index (χ1n) is 11.0. The van der Waals surface area contributed by atoms with E-state index < -0.39 is 11.6 Å². The highest BCUT2D eigenvalue weighted by Crippen LogP contribution is 2.31. The summed E-state index contributed by atoms with van der Waals surface area (Å²) in [5.74, 6) is -0.787. The summed E-state index contributed by atoms with van der Waals surface area (Å²) in [6.07, 6.45) is 0. The Labute approximate surface area is 206 Å². The number of tetrazole rings is 1. The molecule has 180 valence electrons. The zero-order valence-electron chi connectivity index (χ0n) is 19.6. The molecule has 0 unspecified atom stereocenters. The molecule has 1 N–H and O–H groups in total. The molecular weight excluding hydrogens is 467 g/mol. The molecule has 2 heterocycles. The molecule has 2 aromatic heterocycles. The minimum atomic E-state index is -0.885. The van der Waals surface area contributed by atoms with Crippen LogP contribution in [0.2, 0.25) is 0 Å². The SMILES string of the molecule is CC(C)(C)NC(=O)[C@H](c1cccs1)N(C(=O)Cn1nnc(-c2ccc(F)cc2)n1)c1ccccc1. The van der Waals surface area contributed by atoms with Gasteiger partial charge in [0, 0.05) is 21.7 Å². The zero-order valence-corrected chi connectivity index (χ0v) is 20.4. The van der Waals surface area contributed by atoms with E-state index in [2.05, 4.69) is 20.7 Å². The fourth-order valence-corrected chi connectivity index (χ4v) is 4.32. The van der Waals surface area contributed by atoms with Gasteiger partial charge in [-0.05, 0) is 73.8 Å². The van der Waals surface area contributed by atoms with Crippen LogP contribution in [0.25, 0.3) is 11.4 Å². The van der Waals surface area contributed by atoms with Crippen LogP contribution in [0.4, 0.5) is 10.1 Å². The Morgan fingerprint density at radius 3 is 2.40 bits per heavy atom. The van der Waals surface area contributed by atoms with Gasteiger partial charge < -0.3 is 5.32 Å². The van der Waals surface area contributed by atoms with E-state index in [1.54, 1.807) is 24.3 Å². The number of hydrogen-bond donors (Lipinski definition) is 1. The van der Waals surface area contributed by atoms with Crippen molar-refractivity contribution in [2.45, 2.75) is 38.9 Å². The molecule has 0 aliphatic carbocycles. The molecule has 2 aromatic carbocycles. The van der Waals surface area contributed by atoms with Crippen molar-refractivity contribution in [1.82, 2.24) is 25.5 Å². The maximum absolute atomic E-state index is 13.7. The fraction of sp³-hybridized carbons (Fsp3) is 0.240. The van der Waals surface area contributed by atoms with Crippen LogP contribution in [0.15, 0.2) is 72.1 Å². The molecule has 0 saturated heterocycles. The molecule has 1 atom stereocenters. The van der Waals surface area contributed by atoms with Crippen molar-refractivity contribution in [3.63, 3.8) is 0 Å². The van der Waals surface area contributed by atoms with Crippen LogP contribution in [0.3, 0.4) is 0 Å². The van der Waals surface area contributed by atoms with Gasteiger partial charge in [0.25, 0.3) is 5.91 Å². The maximum atomic E-state index is 13.7. The van der Waals surface area contributed by atoms with Gasteiger partial charge in [-0.2, -0.15) is 4.80 Å². The third-order valence-electron chi connectivity index (χ3n) is 4.95. The van der Waals surface area contributed by atoms with Crippen LogP contribution >= 0.6 is 11.3 Å². The number of para-hydroxylation sites is 1. The summed E-state index contributed by atoms with van der Waals surface area (Å²) in [4.78, 5) is 30.5. The second-order valence-corrected chi connectivity index (χ2v) is 9.89. The lowest BCUT2D eigenvalue weighted by atomic mass is 10.1. The van der Waals surface area contributed by atoms with Gasteiger partial charge in [0.05, 0.1) is 0 Å². The molecule has 35 heavy (non-hydrogen) atoms. The first-order valence-corrected chi connectivity index (χ1v) is 11.9. The summed E-state index contributed by atoms with van der Waals surface area (Å²) in [6, 6.07) is 17.5. The Hall–Kier alpha value is -3.92. The summed E-state index contributed by atoms with van der Waals surface area (Å²) < 4.78 is 13.2. The van der Waals surface area contributed by atoms with Gasteiger partial charge in [-0.25, -0.2) is 4.39 Å². The number of halogens is 1. The van der Waals surface area contributed by atoms with Gasteiger partial charge in [-0.1, -0.05) is 24.3 Å². The van der Waals surface area contributed by atoms with Gasteiger partial charge in [-0.15, -0.1) is 21.5 Å². The Balaban J connectivity index is 1.67. The van der Waals surface area contributed by atoms with Crippen molar-refractivity contribution in [2.75, 3.05) is 4.90 Å². The smallest absolute Gasteiger partial charge is 0.251 e. The topological polar surface area (TPSA) is 93.0 Å². The average molecular weight is 493 g/mol. The fourth-order valence-electron chi connectivity index (χ4n) is 3.51. The normalized spacial score (nSPS) is 12.2. The van der Waals surface area contributed by atoms with E-state index in [1.165, 1.54) is 33.2 Å². The number of rotatable bonds is 7. The molecule has 0 bridgehead atoms. The van der Waals surface area contributed by atoms with Gasteiger partial charge in [0.1, 0.15) is 18.4 Å². The van der Waals surface area contributed by atoms with Crippen molar-refractivity contribution in [3.05, 3.63) is 82.8 Å². The summed E-state index contributed by atoms with van der Waals surface area (Å²) >= 11 is 1.40. The molecule has 4 aromatic rings. The number of carbonyl (C=O) groups excluding carboxylic acids is 2. The number of benzene rings is 2. The highest BCUT2D eigenvalue weighted by atomic mass is 32.1. The number of nitrogens with zero attached hydrogens (tertiary/aromatic N) is 5. The molecule has 0 fully saturated rings. The van der Waals surface area contributed by atoms with Crippen LogP contribution in [-0.4, -0.2) is 37.6 Å². The molecule has 0 spiro atoms. The molecule has 0 radical (unpaired) electrons. The lowest BCUT2D eigenvalue weighted by Crippen LogP contribution is -2.50. The van der Waals surface area contributed by atoms with E-state index in [1.807, 2.05) is 56.5 Å². The van der Waals surface area contributed by atoms with Gasteiger partial charge in [0.15, 0.2) is 0 Å². The number of amides is 2. The van der Waals surface area contributed by atoms with E-state index in [4.69, 9.17) is 0 Å². The average Bonchev–Trinajstić information content (AvgIpc) is 3.49. The number of aromatic nitrogens is 4. The van der Waals surface area contributed by atoms with Crippen molar-refractivity contribution in [3.8, 4) is 11.4 Å². The van der Waals surface area contributed by atoms with Crippen LogP contribution in [-0.2, 0) is 16.1 Å². The minimum absolute atomic E-state index is 0.242. The van der Waals surface area contributed by atoms with Crippen molar-refractivity contribution < 1.29 is 14.0 Å². The van der Waals surface area contributed by atoms with Gasteiger partial charge >= 0.3 is 0 Å². The van der Waals surface area contributed by atoms with Crippen LogP contribution in [0.5, 0.6) is 0 Å². The molecule has 8 nitrogen and oxygen atoms in total. The number of hydrogen-bond acceptors (Lipinski definition) is 6. The maximum Gasteiger partial charge on any atom is 0.251 e. The predicted octanol–water partition coefficient (Wildman–Crippen LogP) is 4.23. The number of nitrogens with one attached hydrogen (secondary N) is 1. The Morgan fingerprint density at radius 2 is 1.77 bits per heavy atom. The van der Waals surface area contributed by atoms with Crippen LogP contribution < -0.4 is 10.2 Å². The van der Waals surface area contributed by atoms with Crippen molar-refractivity contribution >= 4 is 28.8 Å². The first-order chi connectivity index (χ1) is 16.7. The predicted molar refractivity (Wildman–Crippen MR) is 132 cm³/mol. The van der Waals surface area contributed by atoms with Gasteiger partial charge in [0.2, 0.25) is 11.7 Å². The van der Waals surface area contributed by atoms with E-state index >= 15 is 0 Å². The molecule has 4 rings (SSSR count). The molecule has 2 amide bonds. The Bertz CT molecular complexity index is 1280. The van der Waals surface area contributed by atoms with E-state index in [0.717, 1.165) is 4.88 Å². The monoisotopic (exact) mass is 492 g/mol. The second kappa shape index (κ2) is 10.1. The second-order valence-electron chi connectivity index (χ2n) is 8.91. The highest BCUT2D eigenvalue weighted by Gasteiger charge is 2.35. The lowest BCUT2D eigenvalue weighted by Gasteiger charge is -2.32. The minimum Gasteiger partial charge on any atom is -0.349 e. The standard InChI is InChI=1S/C25H25FN6O2S/c1-25(2,3)27-24(34)22(20-10-7-15-35-20)32(19-8-5-4-6-9-19)21(33)16-31-29-23(28-30-31)17-11-13-18(26)14-12-17/h4-15,22H,16H2,1-3H3,(H,27,34)/t22-/m0/s1. The Kier molecular flexibility index (Phi) is 7.02. The van der Waals surface area contributed by atoms with Crippen LogP contribution in [0.1, 0.15) is 31.7 Å². The molecule has 0 saturated carbocycles. The van der Waals surface area contributed by atoms with Crippen LogP contribution in [0, 0.1) is 5.82 Å². The number of thiophene rings is 1. The first kappa shape index (κ1) is 24.2. The highest BCUT2D eigenvalue weighted by molar-refractivity contribution is 7.10. The number of carbonyl (C=O) groups is 2. The third kappa shape index (κ3) is 5.96.